The zero-order valence-corrected chi connectivity index (χ0v) is 19.1. The van der Waals surface area contributed by atoms with Crippen LogP contribution in [-0.2, 0) is 10.0 Å². The van der Waals surface area contributed by atoms with Gasteiger partial charge in [0.2, 0.25) is 10.0 Å². The molecule has 0 spiro atoms. The van der Waals surface area contributed by atoms with Crippen molar-refractivity contribution >= 4 is 27.1 Å². The minimum atomic E-state index is -3.55. The number of hydrogen-bond donors (Lipinski definition) is 0. The average molecular weight is 459 g/mol. The maximum Gasteiger partial charge on any atom is 0.235 e. The summed E-state index contributed by atoms with van der Waals surface area (Å²) >= 11 is 0. The third-order valence-electron chi connectivity index (χ3n) is 5.33. The molecule has 2 heterocycles. The fraction of sp³-hybridized carbons (Fsp3) is 0.160. The number of ketones is 1. The molecule has 0 fully saturated rings. The van der Waals surface area contributed by atoms with Crippen molar-refractivity contribution < 1.29 is 13.2 Å². The van der Waals surface area contributed by atoms with Crippen LogP contribution in [-0.4, -0.2) is 41.1 Å². The molecule has 33 heavy (non-hydrogen) atoms. The molecule has 0 aliphatic rings. The Balaban J connectivity index is 1.79. The Morgan fingerprint density at radius 1 is 1.15 bits per heavy atom. The summed E-state index contributed by atoms with van der Waals surface area (Å²) in [6, 6.07) is 16.1. The molecule has 4 rings (SSSR count). The number of fused-ring (bicyclic) bond motifs is 1. The molecule has 0 bridgehead atoms. The van der Waals surface area contributed by atoms with Gasteiger partial charge in [-0.15, -0.1) is 6.42 Å². The van der Waals surface area contributed by atoms with Gasteiger partial charge in [0, 0.05) is 17.3 Å². The van der Waals surface area contributed by atoms with Gasteiger partial charge < -0.3 is 0 Å². The molecular formula is C25H22N4O3S. The smallest absolute Gasteiger partial charge is 0.235 e. The van der Waals surface area contributed by atoms with Crippen molar-refractivity contribution in [3.63, 3.8) is 0 Å². The van der Waals surface area contributed by atoms with Crippen LogP contribution in [0.2, 0.25) is 0 Å². The molecule has 4 aromatic rings. The second-order valence-electron chi connectivity index (χ2n) is 7.48. The Labute approximate surface area is 192 Å². The van der Waals surface area contributed by atoms with E-state index in [9.17, 15) is 13.2 Å². The standard InChI is InChI=1S/C25H22N4O3S/c1-4-15-28(33(31,32)5-2)21-8-6-7-20(16-21)23-13-14-26-25-22(17-27-29(23)25)24(30)19-11-9-18(3)10-12-19/h1,6-14,16-17H,5,15H2,2-3H3. The molecule has 2 aromatic heterocycles. The second-order valence-corrected chi connectivity index (χ2v) is 9.66. The van der Waals surface area contributed by atoms with Gasteiger partial charge in [0.05, 0.1) is 35.4 Å². The minimum absolute atomic E-state index is 0.0671. The highest BCUT2D eigenvalue weighted by Crippen LogP contribution is 2.27. The summed E-state index contributed by atoms with van der Waals surface area (Å²) in [7, 11) is -3.55. The first-order chi connectivity index (χ1) is 15.9. The zero-order valence-electron chi connectivity index (χ0n) is 18.3. The largest absolute Gasteiger partial charge is 0.288 e. The van der Waals surface area contributed by atoms with Crippen LogP contribution in [0, 0.1) is 19.3 Å². The number of aromatic nitrogens is 3. The summed E-state index contributed by atoms with van der Waals surface area (Å²) in [5, 5.41) is 4.40. The molecule has 0 aliphatic carbocycles. The lowest BCUT2D eigenvalue weighted by molar-refractivity contribution is 0.104. The topological polar surface area (TPSA) is 84.6 Å². The molecule has 2 aromatic carbocycles. The van der Waals surface area contributed by atoms with E-state index in [0.717, 1.165) is 5.56 Å². The third kappa shape index (κ3) is 4.23. The van der Waals surface area contributed by atoms with Gasteiger partial charge in [-0.3, -0.25) is 9.10 Å². The van der Waals surface area contributed by atoms with Gasteiger partial charge in [0.1, 0.15) is 0 Å². The molecule has 0 saturated carbocycles. The van der Waals surface area contributed by atoms with Crippen molar-refractivity contribution in [3.8, 4) is 23.6 Å². The number of hydrogen-bond acceptors (Lipinski definition) is 5. The highest BCUT2D eigenvalue weighted by atomic mass is 32.2. The Bertz CT molecular complexity index is 1480. The number of rotatable bonds is 7. The Morgan fingerprint density at radius 2 is 1.91 bits per heavy atom. The second kappa shape index (κ2) is 8.88. The lowest BCUT2D eigenvalue weighted by Gasteiger charge is -2.22. The number of nitrogens with zero attached hydrogens (tertiary/aromatic N) is 4. The Kier molecular flexibility index (Phi) is 5.99. The lowest BCUT2D eigenvalue weighted by atomic mass is 10.0. The monoisotopic (exact) mass is 458 g/mol. The molecule has 7 nitrogen and oxygen atoms in total. The third-order valence-corrected chi connectivity index (χ3v) is 7.07. The van der Waals surface area contributed by atoms with Gasteiger partial charge in [-0.1, -0.05) is 47.9 Å². The van der Waals surface area contributed by atoms with Crippen LogP contribution in [0.15, 0.2) is 67.0 Å². The van der Waals surface area contributed by atoms with E-state index in [1.54, 1.807) is 54.0 Å². The highest BCUT2D eigenvalue weighted by molar-refractivity contribution is 7.92. The molecule has 8 heteroatoms. The number of aryl methyl sites for hydroxylation is 1. The number of terminal acetylenes is 1. The van der Waals surface area contributed by atoms with Crippen molar-refractivity contribution in [2.45, 2.75) is 13.8 Å². The van der Waals surface area contributed by atoms with E-state index in [1.807, 2.05) is 25.1 Å². The molecule has 0 unspecified atom stereocenters. The fourth-order valence-electron chi connectivity index (χ4n) is 3.54. The minimum Gasteiger partial charge on any atom is -0.288 e. The first kappa shape index (κ1) is 22.2. The fourth-order valence-corrected chi connectivity index (χ4v) is 4.56. The summed E-state index contributed by atoms with van der Waals surface area (Å²) in [6.07, 6.45) is 8.53. The Morgan fingerprint density at radius 3 is 2.61 bits per heavy atom. The molecule has 0 saturated heterocycles. The molecule has 0 N–H and O–H groups in total. The van der Waals surface area contributed by atoms with Crippen molar-refractivity contribution in [2.24, 2.45) is 0 Å². The van der Waals surface area contributed by atoms with E-state index in [4.69, 9.17) is 6.42 Å². The summed E-state index contributed by atoms with van der Waals surface area (Å²) < 4.78 is 27.9. The van der Waals surface area contributed by atoms with Crippen LogP contribution in [0.25, 0.3) is 16.9 Å². The van der Waals surface area contributed by atoms with E-state index in [-0.39, 0.29) is 18.1 Å². The van der Waals surface area contributed by atoms with Gasteiger partial charge in [0.15, 0.2) is 11.4 Å². The van der Waals surface area contributed by atoms with Gasteiger partial charge >= 0.3 is 0 Å². The van der Waals surface area contributed by atoms with Crippen molar-refractivity contribution in [1.82, 2.24) is 14.6 Å². The SMILES string of the molecule is C#CCN(c1cccc(-c2ccnc3c(C(=O)c4ccc(C)cc4)cnn23)c1)S(=O)(=O)CC. The maximum absolute atomic E-state index is 13.1. The van der Waals surface area contributed by atoms with Gasteiger partial charge in [-0.25, -0.2) is 17.9 Å². The first-order valence-corrected chi connectivity index (χ1v) is 11.9. The van der Waals surface area contributed by atoms with Crippen LogP contribution >= 0.6 is 0 Å². The molecule has 0 atom stereocenters. The van der Waals surface area contributed by atoms with Crippen LogP contribution in [0.4, 0.5) is 5.69 Å². The summed E-state index contributed by atoms with van der Waals surface area (Å²) in [5.41, 5.74) is 4.27. The molecule has 0 aliphatic heterocycles. The molecular weight excluding hydrogens is 436 g/mol. The van der Waals surface area contributed by atoms with E-state index in [1.165, 1.54) is 10.5 Å². The van der Waals surface area contributed by atoms with Gasteiger partial charge in [-0.05, 0) is 32.0 Å². The van der Waals surface area contributed by atoms with Gasteiger partial charge in [-0.2, -0.15) is 5.10 Å². The van der Waals surface area contributed by atoms with Crippen molar-refractivity contribution in [2.75, 3.05) is 16.6 Å². The van der Waals surface area contributed by atoms with Gasteiger partial charge in [0.25, 0.3) is 0 Å². The van der Waals surface area contributed by atoms with Crippen LogP contribution < -0.4 is 4.31 Å². The first-order valence-electron chi connectivity index (χ1n) is 10.3. The normalized spacial score (nSPS) is 11.3. The predicted octanol–water partition coefficient (Wildman–Crippen LogP) is 3.73. The number of sulfonamides is 1. The molecule has 0 radical (unpaired) electrons. The lowest BCUT2D eigenvalue weighted by Crippen LogP contribution is -2.32. The molecule has 0 amide bonds. The maximum atomic E-state index is 13.1. The van der Waals surface area contributed by atoms with Crippen LogP contribution in [0.5, 0.6) is 0 Å². The summed E-state index contributed by atoms with van der Waals surface area (Å²) in [6.45, 7) is 3.47. The average Bonchev–Trinajstić information content (AvgIpc) is 3.27. The number of benzene rings is 2. The van der Waals surface area contributed by atoms with E-state index in [2.05, 4.69) is 16.0 Å². The predicted molar refractivity (Wildman–Crippen MR) is 129 cm³/mol. The summed E-state index contributed by atoms with van der Waals surface area (Å²) in [4.78, 5) is 17.4. The number of carbonyl (C=O) groups is 1. The van der Waals surface area contributed by atoms with Crippen molar-refractivity contribution in [3.05, 3.63) is 83.7 Å². The molecule has 166 valence electrons. The number of carbonyl (C=O) groups excluding carboxylic acids is 1. The number of anilines is 1. The van der Waals surface area contributed by atoms with Crippen molar-refractivity contribution in [1.29, 1.82) is 0 Å². The van der Waals surface area contributed by atoms with E-state index < -0.39 is 10.0 Å². The zero-order chi connectivity index (χ0) is 23.6. The van der Waals surface area contributed by atoms with E-state index in [0.29, 0.717) is 33.7 Å². The van der Waals surface area contributed by atoms with E-state index >= 15 is 0 Å². The summed E-state index contributed by atoms with van der Waals surface area (Å²) in [5.74, 6) is 2.18. The quantitative estimate of drug-likeness (QED) is 0.311. The highest BCUT2D eigenvalue weighted by Gasteiger charge is 2.21. The Hall–Kier alpha value is -3.96. The van der Waals surface area contributed by atoms with Crippen LogP contribution in [0.1, 0.15) is 28.4 Å². The van der Waals surface area contributed by atoms with Crippen LogP contribution in [0.3, 0.4) is 0 Å².